The van der Waals surface area contributed by atoms with Crippen molar-refractivity contribution in [3.63, 3.8) is 0 Å². The van der Waals surface area contributed by atoms with Crippen molar-refractivity contribution in [1.82, 2.24) is 15.5 Å². The van der Waals surface area contributed by atoms with Gasteiger partial charge in [0, 0.05) is 19.5 Å². The highest BCUT2D eigenvalue weighted by Gasteiger charge is 2.29. The van der Waals surface area contributed by atoms with E-state index in [0.717, 1.165) is 32.4 Å². The highest BCUT2D eigenvalue weighted by atomic mass is 16.4. The lowest BCUT2D eigenvalue weighted by molar-refractivity contribution is -0.137. The van der Waals surface area contributed by atoms with Crippen molar-refractivity contribution in [1.29, 1.82) is 0 Å². The van der Waals surface area contributed by atoms with Crippen molar-refractivity contribution in [3.8, 4) is 12.3 Å². The SMILES string of the molecule is C#CC(CC(=O)O)NC(=O)[C@@H]1CCCN(C(=O)CCCC2CNC2)C1. The van der Waals surface area contributed by atoms with E-state index in [9.17, 15) is 14.4 Å². The second kappa shape index (κ2) is 9.42. The summed E-state index contributed by atoms with van der Waals surface area (Å²) < 4.78 is 0. The van der Waals surface area contributed by atoms with Crippen LogP contribution in [0.2, 0.25) is 0 Å². The lowest BCUT2D eigenvalue weighted by Crippen LogP contribution is -2.47. The molecule has 0 aromatic heterocycles. The molecule has 0 radical (unpaired) electrons. The largest absolute Gasteiger partial charge is 0.481 e. The number of carbonyl (C=O) groups is 3. The van der Waals surface area contributed by atoms with E-state index in [-0.39, 0.29) is 24.2 Å². The minimum absolute atomic E-state index is 0.101. The summed E-state index contributed by atoms with van der Waals surface area (Å²) in [6.07, 6.45) is 8.91. The van der Waals surface area contributed by atoms with E-state index in [2.05, 4.69) is 16.6 Å². The van der Waals surface area contributed by atoms with E-state index in [4.69, 9.17) is 11.5 Å². The summed E-state index contributed by atoms with van der Waals surface area (Å²) in [7, 11) is 0. The number of terminal acetylenes is 1. The number of rotatable bonds is 8. The Hall–Kier alpha value is -2.07. The molecule has 0 aromatic rings. The summed E-state index contributed by atoms with van der Waals surface area (Å²) >= 11 is 0. The van der Waals surface area contributed by atoms with Crippen LogP contribution in [0.1, 0.15) is 38.5 Å². The summed E-state index contributed by atoms with van der Waals surface area (Å²) in [5.74, 6) is 1.45. The van der Waals surface area contributed by atoms with Gasteiger partial charge >= 0.3 is 5.97 Å². The van der Waals surface area contributed by atoms with E-state index < -0.39 is 12.0 Å². The molecule has 1 unspecified atom stereocenters. The smallest absolute Gasteiger partial charge is 0.306 e. The maximum Gasteiger partial charge on any atom is 0.306 e. The Kier molecular flexibility index (Phi) is 7.26. The Morgan fingerprint density at radius 1 is 1.36 bits per heavy atom. The first kappa shape index (κ1) is 19.3. The van der Waals surface area contributed by atoms with Crippen molar-refractivity contribution in [2.45, 2.75) is 44.6 Å². The van der Waals surface area contributed by atoms with Crippen LogP contribution in [0.5, 0.6) is 0 Å². The number of hydrogen-bond donors (Lipinski definition) is 3. The number of likely N-dealkylation sites (tertiary alicyclic amines) is 1. The molecular weight excluding hydrogens is 322 g/mol. The van der Waals surface area contributed by atoms with Crippen LogP contribution >= 0.6 is 0 Å². The molecule has 138 valence electrons. The zero-order valence-electron chi connectivity index (χ0n) is 14.5. The highest BCUT2D eigenvalue weighted by Crippen LogP contribution is 2.19. The zero-order chi connectivity index (χ0) is 18.2. The van der Waals surface area contributed by atoms with Crippen LogP contribution in [-0.2, 0) is 14.4 Å². The standard InChI is InChI=1S/C18H27N3O4/c1-2-15(9-17(23)24)20-18(25)14-6-4-8-21(12-14)16(22)7-3-5-13-10-19-11-13/h1,13-15,19H,3-12H2,(H,20,25)(H,23,24)/t14-,15?/m1/s1. The van der Waals surface area contributed by atoms with Gasteiger partial charge in [0.25, 0.3) is 0 Å². The Bertz CT molecular complexity index is 539. The van der Waals surface area contributed by atoms with E-state index in [1.807, 2.05) is 0 Å². The lowest BCUT2D eigenvalue weighted by Gasteiger charge is -2.33. The molecule has 2 fully saturated rings. The van der Waals surface area contributed by atoms with E-state index in [1.54, 1.807) is 4.90 Å². The van der Waals surface area contributed by atoms with E-state index in [1.165, 1.54) is 0 Å². The zero-order valence-corrected chi connectivity index (χ0v) is 14.5. The molecule has 2 aliphatic rings. The monoisotopic (exact) mass is 349 g/mol. The lowest BCUT2D eigenvalue weighted by atomic mass is 9.94. The Balaban J connectivity index is 1.76. The molecule has 0 saturated carbocycles. The van der Waals surface area contributed by atoms with Crippen LogP contribution in [0.15, 0.2) is 0 Å². The van der Waals surface area contributed by atoms with Crippen LogP contribution < -0.4 is 10.6 Å². The number of carbonyl (C=O) groups excluding carboxylic acids is 2. The molecule has 3 N–H and O–H groups in total. The maximum atomic E-state index is 12.3. The minimum atomic E-state index is -1.05. The van der Waals surface area contributed by atoms with Gasteiger partial charge in [0.15, 0.2) is 0 Å². The van der Waals surface area contributed by atoms with Crippen LogP contribution in [0, 0.1) is 24.2 Å². The number of nitrogens with one attached hydrogen (secondary N) is 2. The van der Waals surface area contributed by atoms with E-state index >= 15 is 0 Å². The first-order valence-corrected chi connectivity index (χ1v) is 8.96. The number of hydrogen-bond acceptors (Lipinski definition) is 4. The molecule has 7 nitrogen and oxygen atoms in total. The topological polar surface area (TPSA) is 98.7 Å². The van der Waals surface area contributed by atoms with Gasteiger partial charge in [0.1, 0.15) is 6.04 Å². The van der Waals surface area contributed by atoms with Gasteiger partial charge in [-0.2, -0.15) is 0 Å². The van der Waals surface area contributed by atoms with Gasteiger partial charge in [-0.25, -0.2) is 0 Å². The fourth-order valence-electron chi connectivity index (χ4n) is 3.29. The molecular formula is C18H27N3O4. The predicted molar refractivity (Wildman–Crippen MR) is 92.5 cm³/mol. The first-order chi connectivity index (χ1) is 12.0. The van der Waals surface area contributed by atoms with Gasteiger partial charge in [-0.15, -0.1) is 6.42 Å². The number of nitrogens with zero attached hydrogens (tertiary/aromatic N) is 1. The van der Waals surface area contributed by atoms with Crippen molar-refractivity contribution >= 4 is 17.8 Å². The van der Waals surface area contributed by atoms with Crippen molar-refractivity contribution in [2.75, 3.05) is 26.2 Å². The second-order valence-corrected chi connectivity index (χ2v) is 6.92. The summed E-state index contributed by atoms with van der Waals surface area (Å²) in [5.41, 5.74) is 0. The molecule has 0 bridgehead atoms. The summed E-state index contributed by atoms with van der Waals surface area (Å²) in [6, 6.07) is -0.813. The second-order valence-electron chi connectivity index (χ2n) is 6.92. The molecule has 2 heterocycles. The summed E-state index contributed by atoms with van der Waals surface area (Å²) in [6.45, 7) is 3.17. The molecule has 0 aromatic carbocycles. The number of carboxylic acid groups (broad SMARTS) is 1. The quantitative estimate of drug-likeness (QED) is 0.544. The fraction of sp³-hybridized carbons (Fsp3) is 0.722. The molecule has 2 amide bonds. The van der Waals surface area contributed by atoms with Crippen molar-refractivity contribution in [2.24, 2.45) is 11.8 Å². The number of aliphatic carboxylic acids is 1. The van der Waals surface area contributed by atoms with Crippen LogP contribution in [0.4, 0.5) is 0 Å². The molecule has 2 rings (SSSR count). The third-order valence-electron chi connectivity index (χ3n) is 4.91. The highest BCUT2D eigenvalue weighted by molar-refractivity contribution is 5.82. The van der Waals surface area contributed by atoms with Crippen molar-refractivity contribution in [3.05, 3.63) is 0 Å². The molecule has 2 atom stereocenters. The third-order valence-corrected chi connectivity index (χ3v) is 4.91. The molecule has 2 aliphatic heterocycles. The molecule has 0 spiro atoms. The maximum absolute atomic E-state index is 12.3. The molecule has 2 saturated heterocycles. The average Bonchev–Trinajstić information content (AvgIpc) is 2.55. The van der Waals surface area contributed by atoms with Crippen LogP contribution in [0.25, 0.3) is 0 Å². The Labute approximate surface area is 148 Å². The number of amides is 2. The predicted octanol–water partition coefficient (Wildman–Crippen LogP) is 0.207. The van der Waals surface area contributed by atoms with Crippen LogP contribution in [0.3, 0.4) is 0 Å². The third kappa shape index (κ3) is 6.05. The number of carboxylic acids is 1. The molecule has 25 heavy (non-hydrogen) atoms. The first-order valence-electron chi connectivity index (χ1n) is 8.96. The minimum Gasteiger partial charge on any atom is -0.481 e. The van der Waals surface area contributed by atoms with Gasteiger partial charge in [-0.3, -0.25) is 14.4 Å². The average molecular weight is 349 g/mol. The molecule has 0 aliphatic carbocycles. The fourth-order valence-corrected chi connectivity index (χ4v) is 3.29. The van der Waals surface area contributed by atoms with Crippen molar-refractivity contribution < 1.29 is 19.5 Å². The summed E-state index contributed by atoms with van der Waals surface area (Å²) in [4.78, 5) is 37.2. The Morgan fingerprint density at radius 3 is 2.72 bits per heavy atom. The summed E-state index contributed by atoms with van der Waals surface area (Å²) in [5, 5.41) is 14.6. The van der Waals surface area contributed by atoms with E-state index in [0.29, 0.717) is 31.8 Å². The number of piperidine rings is 1. The van der Waals surface area contributed by atoms with Crippen LogP contribution in [-0.4, -0.2) is 60.0 Å². The Morgan fingerprint density at radius 2 is 2.12 bits per heavy atom. The normalized spacial score (nSPS) is 21.7. The van der Waals surface area contributed by atoms with Gasteiger partial charge < -0.3 is 20.6 Å². The van der Waals surface area contributed by atoms with Gasteiger partial charge in [-0.1, -0.05) is 5.92 Å². The molecule has 7 heteroatoms. The van der Waals surface area contributed by atoms with Gasteiger partial charge in [0.05, 0.1) is 12.3 Å². The van der Waals surface area contributed by atoms with Gasteiger partial charge in [0.2, 0.25) is 11.8 Å². The van der Waals surface area contributed by atoms with Gasteiger partial charge in [-0.05, 0) is 44.7 Å².